The minimum atomic E-state index is 0.590. The second kappa shape index (κ2) is 3.81. The molecule has 0 spiro atoms. The normalized spacial score (nSPS) is 11.1. The van der Waals surface area contributed by atoms with Crippen molar-refractivity contribution in [2.24, 2.45) is 0 Å². The number of furan rings is 1. The summed E-state index contributed by atoms with van der Waals surface area (Å²) in [5, 5.41) is 5.12. The third-order valence-electron chi connectivity index (χ3n) is 1.98. The monoisotopic (exact) mass is 229 g/mol. The maximum absolute atomic E-state index is 6.00. The summed E-state index contributed by atoms with van der Waals surface area (Å²) in [6.45, 7) is 0.668. The summed E-state index contributed by atoms with van der Waals surface area (Å²) in [6.07, 6.45) is 0. The van der Waals surface area contributed by atoms with Gasteiger partial charge in [0.1, 0.15) is 5.76 Å². The van der Waals surface area contributed by atoms with E-state index in [1.54, 1.807) is 12.1 Å². The van der Waals surface area contributed by atoms with Crippen molar-refractivity contribution in [2.45, 2.75) is 6.54 Å². The molecule has 0 aliphatic heterocycles. The van der Waals surface area contributed by atoms with Gasteiger partial charge in [-0.3, -0.25) is 0 Å². The molecule has 0 amide bonds. The van der Waals surface area contributed by atoms with E-state index in [1.165, 1.54) is 0 Å². The van der Waals surface area contributed by atoms with Gasteiger partial charge in [0, 0.05) is 5.39 Å². The van der Waals surface area contributed by atoms with Gasteiger partial charge in [0.05, 0.1) is 16.6 Å². The second-order valence-corrected chi connectivity index (χ2v) is 3.83. The zero-order chi connectivity index (χ0) is 10.1. The van der Waals surface area contributed by atoms with Crippen LogP contribution >= 0.6 is 23.2 Å². The maximum atomic E-state index is 6.00. The molecule has 1 heterocycles. The van der Waals surface area contributed by atoms with Gasteiger partial charge in [0.2, 0.25) is 0 Å². The van der Waals surface area contributed by atoms with Gasteiger partial charge in [0.25, 0.3) is 0 Å². The topological polar surface area (TPSA) is 25.2 Å². The maximum Gasteiger partial charge on any atom is 0.154 e. The van der Waals surface area contributed by atoms with Crippen LogP contribution in [0.4, 0.5) is 0 Å². The van der Waals surface area contributed by atoms with E-state index in [2.05, 4.69) is 5.32 Å². The lowest BCUT2D eigenvalue weighted by Crippen LogP contribution is -2.03. The second-order valence-electron chi connectivity index (χ2n) is 3.02. The molecule has 2 aromatic rings. The molecule has 1 aromatic carbocycles. The molecule has 2 nitrogen and oxygen atoms in total. The number of hydrogen-bond acceptors (Lipinski definition) is 2. The van der Waals surface area contributed by atoms with Crippen LogP contribution < -0.4 is 5.32 Å². The van der Waals surface area contributed by atoms with E-state index in [0.717, 1.165) is 11.1 Å². The van der Waals surface area contributed by atoms with Crippen LogP contribution in [-0.4, -0.2) is 7.05 Å². The molecule has 0 unspecified atom stereocenters. The fourth-order valence-corrected chi connectivity index (χ4v) is 1.78. The fraction of sp³-hybridized carbons (Fsp3) is 0.200. The smallest absolute Gasteiger partial charge is 0.154 e. The first kappa shape index (κ1) is 9.84. The fourth-order valence-electron chi connectivity index (χ4n) is 1.37. The summed E-state index contributed by atoms with van der Waals surface area (Å²) in [4.78, 5) is 0. The van der Waals surface area contributed by atoms with Crippen LogP contribution in [0.5, 0.6) is 0 Å². The van der Waals surface area contributed by atoms with Gasteiger partial charge in [-0.05, 0) is 25.2 Å². The molecule has 0 bridgehead atoms. The van der Waals surface area contributed by atoms with Crippen molar-refractivity contribution >= 4 is 34.2 Å². The zero-order valence-electron chi connectivity index (χ0n) is 7.60. The summed E-state index contributed by atoms with van der Waals surface area (Å²) in [6, 6.07) is 5.41. The minimum absolute atomic E-state index is 0.590. The summed E-state index contributed by atoms with van der Waals surface area (Å²) in [5.41, 5.74) is 0.657. The number of hydrogen-bond donors (Lipinski definition) is 1. The Hall–Kier alpha value is -0.700. The van der Waals surface area contributed by atoms with E-state index in [4.69, 9.17) is 27.6 Å². The highest BCUT2D eigenvalue weighted by molar-refractivity contribution is 6.39. The van der Waals surface area contributed by atoms with Crippen LogP contribution in [0.15, 0.2) is 22.6 Å². The van der Waals surface area contributed by atoms with E-state index in [9.17, 15) is 0 Å². The summed E-state index contributed by atoms with van der Waals surface area (Å²) in [7, 11) is 1.86. The van der Waals surface area contributed by atoms with Gasteiger partial charge in [-0.15, -0.1) is 0 Å². The molecule has 2 rings (SSSR count). The van der Waals surface area contributed by atoms with E-state index in [1.807, 2.05) is 13.1 Å². The van der Waals surface area contributed by atoms with Gasteiger partial charge in [-0.2, -0.15) is 0 Å². The number of fused-ring (bicyclic) bond motifs is 1. The van der Waals surface area contributed by atoms with Crippen molar-refractivity contribution in [1.29, 1.82) is 0 Å². The van der Waals surface area contributed by atoms with Crippen LogP contribution in [0.1, 0.15) is 5.76 Å². The SMILES string of the molecule is CNCc1cc2c(Cl)ccc(Cl)c2o1. The van der Waals surface area contributed by atoms with Crippen molar-refractivity contribution in [2.75, 3.05) is 7.05 Å². The van der Waals surface area contributed by atoms with E-state index in [-0.39, 0.29) is 0 Å². The molecule has 14 heavy (non-hydrogen) atoms. The lowest BCUT2D eigenvalue weighted by molar-refractivity contribution is 0.531. The summed E-state index contributed by atoms with van der Waals surface area (Å²) >= 11 is 12.0. The van der Waals surface area contributed by atoms with Crippen molar-refractivity contribution in [3.05, 3.63) is 34.0 Å². The number of halogens is 2. The lowest BCUT2D eigenvalue weighted by atomic mass is 10.2. The third kappa shape index (κ3) is 1.61. The van der Waals surface area contributed by atoms with Gasteiger partial charge in [-0.1, -0.05) is 23.2 Å². The quantitative estimate of drug-likeness (QED) is 0.854. The summed E-state index contributed by atoms with van der Waals surface area (Å²) < 4.78 is 5.54. The van der Waals surface area contributed by atoms with Gasteiger partial charge in [0.15, 0.2) is 5.58 Å². The largest absolute Gasteiger partial charge is 0.458 e. The van der Waals surface area contributed by atoms with Crippen molar-refractivity contribution < 1.29 is 4.42 Å². The molecule has 0 atom stereocenters. The predicted molar refractivity (Wildman–Crippen MR) is 59.0 cm³/mol. The van der Waals surface area contributed by atoms with Crippen LogP contribution in [0, 0.1) is 0 Å². The molecular weight excluding hydrogens is 221 g/mol. The number of nitrogens with one attached hydrogen (secondary N) is 1. The molecule has 0 saturated heterocycles. The molecule has 0 aliphatic carbocycles. The Bertz CT molecular complexity index is 425. The predicted octanol–water partition coefficient (Wildman–Crippen LogP) is 3.46. The molecular formula is C10H9Cl2NO. The highest BCUT2D eigenvalue weighted by Crippen LogP contribution is 2.32. The van der Waals surface area contributed by atoms with E-state index >= 15 is 0 Å². The zero-order valence-corrected chi connectivity index (χ0v) is 9.12. The van der Waals surface area contributed by atoms with Crippen molar-refractivity contribution in [3.8, 4) is 0 Å². The molecule has 0 radical (unpaired) electrons. The molecule has 74 valence electrons. The van der Waals surface area contributed by atoms with Gasteiger partial charge < -0.3 is 9.73 Å². The Balaban J connectivity index is 2.63. The molecule has 4 heteroatoms. The van der Waals surface area contributed by atoms with Crippen molar-refractivity contribution in [3.63, 3.8) is 0 Å². The van der Waals surface area contributed by atoms with Crippen LogP contribution in [0.3, 0.4) is 0 Å². The number of rotatable bonds is 2. The highest BCUT2D eigenvalue weighted by Gasteiger charge is 2.09. The first-order chi connectivity index (χ1) is 6.72. The standard InChI is InChI=1S/C10H9Cl2NO/c1-13-5-6-4-7-8(11)2-3-9(12)10(7)14-6/h2-4,13H,5H2,1H3. The Morgan fingerprint density at radius 2 is 2.00 bits per heavy atom. The van der Waals surface area contributed by atoms with Crippen LogP contribution in [-0.2, 0) is 6.54 Å². The Morgan fingerprint density at radius 1 is 1.29 bits per heavy atom. The first-order valence-corrected chi connectivity index (χ1v) is 4.99. The first-order valence-electron chi connectivity index (χ1n) is 4.23. The Labute approximate surface area is 91.8 Å². The van der Waals surface area contributed by atoms with E-state index < -0.39 is 0 Å². The molecule has 1 N–H and O–H groups in total. The highest BCUT2D eigenvalue weighted by atomic mass is 35.5. The van der Waals surface area contributed by atoms with Crippen LogP contribution in [0.25, 0.3) is 11.0 Å². The minimum Gasteiger partial charge on any atom is -0.458 e. The lowest BCUT2D eigenvalue weighted by Gasteiger charge is -1.93. The Morgan fingerprint density at radius 3 is 2.64 bits per heavy atom. The van der Waals surface area contributed by atoms with Gasteiger partial charge in [-0.25, -0.2) is 0 Å². The third-order valence-corrected chi connectivity index (χ3v) is 2.61. The average molecular weight is 230 g/mol. The number of benzene rings is 1. The molecule has 0 fully saturated rings. The molecule has 1 aromatic heterocycles. The van der Waals surface area contributed by atoms with E-state index in [0.29, 0.717) is 22.2 Å². The molecule has 0 aliphatic rings. The average Bonchev–Trinajstić information content (AvgIpc) is 2.57. The Kier molecular flexibility index (Phi) is 2.68. The van der Waals surface area contributed by atoms with Crippen molar-refractivity contribution in [1.82, 2.24) is 5.32 Å². The van der Waals surface area contributed by atoms with Crippen LogP contribution in [0.2, 0.25) is 10.0 Å². The summed E-state index contributed by atoms with van der Waals surface area (Å²) in [5.74, 6) is 0.831. The molecule has 0 saturated carbocycles. The van der Waals surface area contributed by atoms with Gasteiger partial charge >= 0.3 is 0 Å².